The average molecular weight is 235 g/mol. The Hall–Kier alpha value is -0.900. The molecule has 0 unspecified atom stereocenters. The first kappa shape index (κ1) is 11.2. The summed E-state index contributed by atoms with van der Waals surface area (Å²) in [5.41, 5.74) is 5.92. The Labute approximate surface area is 102 Å². The van der Waals surface area contributed by atoms with Crippen molar-refractivity contribution in [3.63, 3.8) is 0 Å². The largest absolute Gasteiger partial charge is 0.339 e. The molecule has 0 bridgehead atoms. The lowest BCUT2D eigenvalue weighted by Crippen LogP contribution is -2.14. The molecule has 2 N–H and O–H groups in total. The van der Waals surface area contributed by atoms with Crippen molar-refractivity contribution in [3.05, 3.63) is 11.7 Å². The zero-order valence-electron chi connectivity index (χ0n) is 10.3. The van der Waals surface area contributed by atoms with E-state index in [-0.39, 0.29) is 0 Å². The number of nitrogens with two attached hydrogens (primary N) is 1. The molecule has 2 saturated carbocycles. The van der Waals surface area contributed by atoms with E-state index in [4.69, 9.17) is 10.3 Å². The van der Waals surface area contributed by atoms with E-state index in [1.54, 1.807) is 0 Å². The summed E-state index contributed by atoms with van der Waals surface area (Å²) >= 11 is 0. The maximum Gasteiger partial charge on any atom is 0.229 e. The second-order valence-electron chi connectivity index (χ2n) is 5.60. The first-order valence-corrected chi connectivity index (χ1v) is 6.92. The van der Waals surface area contributed by atoms with Crippen LogP contribution in [0.4, 0.5) is 0 Å². The SMILES string of the molecule is N[C@H]1CC[C@@H](c2nc(C3CCCCC3)no2)C1. The number of hydrogen-bond acceptors (Lipinski definition) is 4. The molecule has 1 aromatic heterocycles. The van der Waals surface area contributed by atoms with Crippen molar-refractivity contribution in [1.29, 1.82) is 0 Å². The van der Waals surface area contributed by atoms with Gasteiger partial charge >= 0.3 is 0 Å². The molecular weight excluding hydrogens is 214 g/mol. The van der Waals surface area contributed by atoms with Gasteiger partial charge in [0.1, 0.15) is 0 Å². The molecule has 0 aliphatic heterocycles. The van der Waals surface area contributed by atoms with Crippen LogP contribution in [0, 0.1) is 0 Å². The summed E-state index contributed by atoms with van der Waals surface area (Å²) in [5, 5.41) is 4.18. The van der Waals surface area contributed by atoms with Gasteiger partial charge in [-0.25, -0.2) is 0 Å². The van der Waals surface area contributed by atoms with E-state index >= 15 is 0 Å². The topological polar surface area (TPSA) is 64.9 Å². The van der Waals surface area contributed by atoms with E-state index in [9.17, 15) is 0 Å². The average Bonchev–Trinajstić information content (AvgIpc) is 2.98. The van der Waals surface area contributed by atoms with Crippen LogP contribution in [0.15, 0.2) is 4.52 Å². The van der Waals surface area contributed by atoms with Crippen molar-refractivity contribution in [2.24, 2.45) is 5.73 Å². The third-order valence-electron chi connectivity index (χ3n) is 4.25. The highest BCUT2D eigenvalue weighted by molar-refractivity contribution is 5.02. The molecule has 0 amide bonds. The fourth-order valence-corrected chi connectivity index (χ4v) is 3.18. The van der Waals surface area contributed by atoms with Crippen LogP contribution >= 0.6 is 0 Å². The van der Waals surface area contributed by atoms with Crippen LogP contribution in [-0.2, 0) is 0 Å². The molecule has 4 nitrogen and oxygen atoms in total. The van der Waals surface area contributed by atoms with Gasteiger partial charge in [0.2, 0.25) is 5.89 Å². The molecule has 1 aromatic rings. The van der Waals surface area contributed by atoms with E-state index < -0.39 is 0 Å². The van der Waals surface area contributed by atoms with Crippen LogP contribution in [0.1, 0.15) is 74.9 Å². The van der Waals surface area contributed by atoms with E-state index in [1.165, 1.54) is 32.1 Å². The van der Waals surface area contributed by atoms with Crippen LogP contribution in [0.5, 0.6) is 0 Å². The molecule has 0 aromatic carbocycles. The molecule has 1 heterocycles. The van der Waals surface area contributed by atoms with E-state index in [1.807, 2.05) is 0 Å². The maximum absolute atomic E-state index is 5.92. The van der Waals surface area contributed by atoms with Crippen molar-refractivity contribution in [2.75, 3.05) is 0 Å². The molecule has 3 rings (SSSR count). The predicted molar refractivity (Wildman–Crippen MR) is 64.7 cm³/mol. The van der Waals surface area contributed by atoms with Crippen molar-refractivity contribution in [1.82, 2.24) is 10.1 Å². The van der Waals surface area contributed by atoms with Gasteiger partial charge in [-0.1, -0.05) is 24.4 Å². The normalized spacial score (nSPS) is 30.9. The van der Waals surface area contributed by atoms with Crippen LogP contribution < -0.4 is 5.73 Å². The predicted octanol–water partition coefficient (Wildman–Crippen LogP) is 2.71. The lowest BCUT2D eigenvalue weighted by molar-refractivity contribution is 0.340. The minimum atomic E-state index is 0.324. The maximum atomic E-state index is 5.92. The molecule has 0 radical (unpaired) electrons. The Balaban J connectivity index is 1.69. The Morgan fingerprint density at radius 2 is 1.82 bits per heavy atom. The van der Waals surface area contributed by atoms with E-state index in [2.05, 4.69) is 10.1 Å². The highest BCUT2D eigenvalue weighted by Gasteiger charge is 2.29. The van der Waals surface area contributed by atoms with Gasteiger partial charge in [-0.3, -0.25) is 0 Å². The first-order valence-electron chi connectivity index (χ1n) is 6.92. The highest BCUT2D eigenvalue weighted by atomic mass is 16.5. The molecule has 2 atom stereocenters. The number of hydrogen-bond donors (Lipinski definition) is 1. The number of rotatable bonds is 2. The Bertz CT molecular complexity index is 351. The second-order valence-corrected chi connectivity index (χ2v) is 5.60. The molecule has 2 aliphatic carbocycles. The van der Waals surface area contributed by atoms with Gasteiger partial charge in [0.25, 0.3) is 0 Å². The second kappa shape index (κ2) is 4.77. The van der Waals surface area contributed by atoms with Gasteiger partial charge in [-0.2, -0.15) is 4.98 Å². The van der Waals surface area contributed by atoms with Gasteiger partial charge in [0.05, 0.1) is 0 Å². The van der Waals surface area contributed by atoms with Crippen LogP contribution in [0.3, 0.4) is 0 Å². The van der Waals surface area contributed by atoms with Gasteiger partial charge in [-0.05, 0) is 32.1 Å². The van der Waals surface area contributed by atoms with Crippen molar-refractivity contribution in [3.8, 4) is 0 Å². The minimum absolute atomic E-state index is 0.324. The summed E-state index contributed by atoms with van der Waals surface area (Å²) in [5.74, 6) is 2.73. The lowest BCUT2D eigenvalue weighted by atomic mass is 9.89. The number of nitrogens with zero attached hydrogens (tertiary/aromatic N) is 2. The van der Waals surface area contributed by atoms with Gasteiger partial charge < -0.3 is 10.3 Å². The monoisotopic (exact) mass is 235 g/mol. The smallest absolute Gasteiger partial charge is 0.229 e. The lowest BCUT2D eigenvalue weighted by Gasteiger charge is -2.17. The van der Waals surface area contributed by atoms with Crippen LogP contribution in [-0.4, -0.2) is 16.2 Å². The molecule has 0 spiro atoms. The third kappa shape index (κ3) is 2.37. The summed E-state index contributed by atoms with van der Waals surface area (Å²) in [6, 6.07) is 0.324. The quantitative estimate of drug-likeness (QED) is 0.856. The number of aromatic nitrogens is 2. The standard InChI is InChI=1S/C13H21N3O/c14-11-7-6-10(8-11)13-15-12(16-17-13)9-4-2-1-3-5-9/h9-11H,1-8,14H2/t10-,11+/m1/s1. The van der Waals surface area contributed by atoms with Crippen LogP contribution in [0.2, 0.25) is 0 Å². The Morgan fingerprint density at radius 3 is 2.53 bits per heavy atom. The van der Waals surface area contributed by atoms with Gasteiger partial charge in [-0.15, -0.1) is 0 Å². The fraction of sp³-hybridized carbons (Fsp3) is 0.846. The third-order valence-corrected chi connectivity index (χ3v) is 4.25. The molecular formula is C13H21N3O. The Kier molecular flexibility index (Phi) is 3.14. The molecule has 0 saturated heterocycles. The van der Waals surface area contributed by atoms with E-state index in [0.29, 0.717) is 17.9 Å². The minimum Gasteiger partial charge on any atom is -0.339 e. The highest BCUT2D eigenvalue weighted by Crippen LogP contribution is 2.35. The zero-order valence-corrected chi connectivity index (χ0v) is 10.3. The zero-order chi connectivity index (χ0) is 11.7. The molecule has 2 aliphatic rings. The van der Waals surface area contributed by atoms with E-state index in [0.717, 1.165) is 31.0 Å². The van der Waals surface area contributed by atoms with Crippen molar-refractivity contribution >= 4 is 0 Å². The van der Waals surface area contributed by atoms with Crippen molar-refractivity contribution < 1.29 is 4.52 Å². The molecule has 4 heteroatoms. The first-order chi connectivity index (χ1) is 8.33. The molecule has 17 heavy (non-hydrogen) atoms. The summed E-state index contributed by atoms with van der Waals surface area (Å²) in [6.45, 7) is 0. The summed E-state index contributed by atoms with van der Waals surface area (Å²) in [4.78, 5) is 4.62. The molecule has 94 valence electrons. The van der Waals surface area contributed by atoms with Gasteiger partial charge in [0, 0.05) is 17.9 Å². The van der Waals surface area contributed by atoms with Crippen LogP contribution in [0.25, 0.3) is 0 Å². The Morgan fingerprint density at radius 1 is 1.00 bits per heavy atom. The van der Waals surface area contributed by atoms with Gasteiger partial charge in [0.15, 0.2) is 5.82 Å². The summed E-state index contributed by atoms with van der Waals surface area (Å²) in [7, 11) is 0. The van der Waals surface area contributed by atoms with Crippen molar-refractivity contribution in [2.45, 2.75) is 69.2 Å². The molecule has 2 fully saturated rings. The fourth-order valence-electron chi connectivity index (χ4n) is 3.18. The summed E-state index contributed by atoms with van der Waals surface area (Å²) in [6.07, 6.45) is 9.63. The summed E-state index contributed by atoms with van der Waals surface area (Å²) < 4.78 is 5.43.